The summed E-state index contributed by atoms with van der Waals surface area (Å²) in [6.07, 6.45) is 15.2. The molecule has 2 unspecified atom stereocenters. The van der Waals surface area contributed by atoms with E-state index in [1.165, 1.54) is 70.8 Å². The fraction of sp³-hybridized carbons (Fsp3) is 1.00. The van der Waals surface area contributed by atoms with Gasteiger partial charge in [-0.2, -0.15) is 0 Å². The van der Waals surface area contributed by atoms with Gasteiger partial charge in [-0.05, 0) is 19.8 Å². The van der Waals surface area contributed by atoms with Crippen LogP contribution in [0.2, 0.25) is 0 Å². The van der Waals surface area contributed by atoms with E-state index in [0.717, 1.165) is 4.48 Å². The molecule has 1 rings (SSSR count). The van der Waals surface area contributed by atoms with Crippen molar-refractivity contribution >= 4 is 0 Å². The molecule has 0 spiro atoms. The Hall–Kier alpha value is -0.0800. The Morgan fingerprint density at radius 3 is 1.63 bits per heavy atom. The number of likely N-dealkylation sites (N-methyl/N-ethyl adjacent to an activating group) is 1. The summed E-state index contributed by atoms with van der Waals surface area (Å²) in [7, 11) is 4.61. The SMILES string of the molecule is CCCCCCCCCCCC[N+](C)(C)C1OC1C. The Labute approximate surface area is 121 Å². The second-order valence-corrected chi connectivity index (χ2v) is 6.92. The lowest BCUT2D eigenvalue weighted by atomic mass is 10.1. The Morgan fingerprint density at radius 2 is 1.21 bits per heavy atom. The number of ether oxygens (including phenoxy) is 1. The molecule has 2 nitrogen and oxygen atoms in total. The van der Waals surface area contributed by atoms with Crippen LogP contribution in [0.3, 0.4) is 0 Å². The molecule has 1 aliphatic rings. The molecule has 0 radical (unpaired) electrons. The van der Waals surface area contributed by atoms with Crippen molar-refractivity contribution in [3.63, 3.8) is 0 Å². The molecule has 0 aliphatic carbocycles. The lowest BCUT2D eigenvalue weighted by molar-refractivity contribution is -0.911. The highest BCUT2D eigenvalue weighted by molar-refractivity contribution is 4.71. The average Bonchev–Trinajstić information content (AvgIpc) is 3.10. The summed E-state index contributed by atoms with van der Waals surface area (Å²) in [6.45, 7) is 5.74. The van der Waals surface area contributed by atoms with E-state index in [2.05, 4.69) is 27.9 Å². The second-order valence-electron chi connectivity index (χ2n) is 6.92. The van der Waals surface area contributed by atoms with E-state index in [4.69, 9.17) is 4.74 Å². The van der Waals surface area contributed by atoms with E-state index in [9.17, 15) is 0 Å². The first kappa shape index (κ1) is 17.0. The maximum Gasteiger partial charge on any atom is 0.220 e. The number of hydrogen-bond acceptors (Lipinski definition) is 1. The molecular formula is C17H36NO+. The van der Waals surface area contributed by atoms with Crippen LogP contribution >= 0.6 is 0 Å². The average molecular weight is 270 g/mol. The summed E-state index contributed by atoms with van der Waals surface area (Å²) in [5.41, 5.74) is 0. The molecule has 0 aromatic heterocycles. The van der Waals surface area contributed by atoms with Crippen LogP contribution in [0.15, 0.2) is 0 Å². The molecule has 1 saturated heterocycles. The lowest BCUT2D eigenvalue weighted by Gasteiger charge is -2.27. The predicted octanol–water partition coefficient (Wildman–Crippen LogP) is 4.73. The quantitative estimate of drug-likeness (QED) is 0.284. The van der Waals surface area contributed by atoms with E-state index in [1.54, 1.807) is 0 Å². The van der Waals surface area contributed by atoms with Crippen molar-refractivity contribution in [2.24, 2.45) is 0 Å². The van der Waals surface area contributed by atoms with Gasteiger partial charge in [-0.1, -0.05) is 58.3 Å². The lowest BCUT2D eigenvalue weighted by Crippen LogP contribution is -2.44. The molecule has 114 valence electrons. The zero-order valence-corrected chi connectivity index (χ0v) is 13.8. The maximum atomic E-state index is 5.60. The number of quaternary nitrogens is 1. The largest absolute Gasteiger partial charge is 0.315 e. The van der Waals surface area contributed by atoms with Crippen LogP contribution in [-0.4, -0.2) is 37.5 Å². The van der Waals surface area contributed by atoms with Crippen LogP contribution in [0.4, 0.5) is 0 Å². The Balaban J connectivity index is 1.83. The Bertz CT molecular complexity index is 227. The molecule has 2 heteroatoms. The highest BCUT2D eigenvalue weighted by Crippen LogP contribution is 2.29. The van der Waals surface area contributed by atoms with Gasteiger partial charge in [0.05, 0.1) is 20.6 Å². The standard InChI is InChI=1S/C17H36NO/c1-5-6-7-8-9-10-11-12-13-14-15-18(3,4)17-16(2)19-17/h16-17H,5-15H2,1-4H3/q+1. The molecule has 1 aliphatic heterocycles. The van der Waals surface area contributed by atoms with Gasteiger partial charge in [0.2, 0.25) is 6.23 Å². The summed E-state index contributed by atoms with van der Waals surface area (Å²) in [6, 6.07) is 0. The predicted molar refractivity (Wildman–Crippen MR) is 83.2 cm³/mol. The molecule has 1 heterocycles. The van der Waals surface area contributed by atoms with E-state index in [-0.39, 0.29) is 0 Å². The molecule has 0 aromatic carbocycles. The van der Waals surface area contributed by atoms with Gasteiger partial charge in [0.1, 0.15) is 6.10 Å². The Morgan fingerprint density at radius 1 is 0.789 bits per heavy atom. The summed E-state index contributed by atoms with van der Waals surface area (Å²) >= 11 is 0. The van der Waals surface area contributed by atoms with Crippen LogP contribution in [0.1, 0.15) is 78.1 Å². The van der Waals surface area contributed by atoms with Gasteiger partial charge in [0.25, 0.3) is 0 Å². The van der Waals surface area contributed by atoms with Crippen molar-refractivity contribution < 1.29 is 9.22 Å². The molecule has 0 aromatic rings. The van der Waals surface area contributed by atoms with Gasteiger partial charge in [-0.15, -0.1) is 0 Å². The number of rotatable bonds is 12. The zero-order chi connectivity index (χ0) is 14.1. The topological polar surface area (TPSA) is 12.5 Å². The third kappa shape index (κ3) is 7.31. The fourth-order valence-electron chi connectivity index (χ4n) is 3.04. The van der Waals surface area contributed by atoms with Crippen molar-refractivity contribution in [1.82, 2.24) is 0 Å². The second kappa shape index (κ2) is 8.97. The van der Waals surface area contributed by atoms with Crippen LogP contribution < -0.4 is 0 Å². The van der Waals surface area contributed by atoms with E-state index < -0.39 is 0 Å². The van der Waals surface area contributed by atoms with Gasteiger partial charge in [0, 0.05) is 0 Å². The van der Waals surface area contributed by atoms with E-state index in [0.29, 0.717) is 12.3 Å². The van der Waals surface area contributed by atoms with Gasteiger partial charge >= 0.3 is 0 Å². The Kier molecular flexibility index (Phi) is 8.01. The highest BCUT2D eigenvalue weighted by Gasteiger charge is 2.47. The van der Waals surface area contributed by atoms with Crippen molar-refractivity contribution in [3.05, 3.63) is 0 Å². The minimum Gasteiger partial charge on any atom is -0.315 e. The number of unbranched alkanes of at least 4 members (excludes halogenated alkanes) is 9. The highest BCUT2D eigenvalue weighted by atomic mass is 16.6. The first-order valence-electron chi connectivity index (χ1n) is 8.56. The third-order valence-corrected chi connectivity index (χ3v) is 4.46. The van der Waals surface area contributed by atoms with Gasteiger partial charge in [0.15, 0.2) is 0 Å². The number of hydrogen-bond donors (Lipinski definition) is 0. The van der Waals surface area contributed by atoms with Crippen molar-refractivity contribution in [1.29, 1.82) is 0 Å². The fourth-order valence-corrected chi connectivity index (χ4v) is 3.04. The molecule has 0 bridgehead atoms. The summed E-state index contributed by atoms with van der Waals surface area (Å²) in [5, 5.41) is 0. The van der Waals surface area contributed by atoms with Crippen LogP contribution in [-0.2, 0) is 4.74 Å². The zero-order valence-electron chi connectivity index (χ0n) is 13.8. The van der Waals surface area contributed by atoms with E-state index >= 15 is 0 Å². The molecule has 0 saturated carbocycles. The molecule has 1 fully saturated rings. The van der Waals surface area contributed by atoms with Crippen LogP contribution in [0, 0.1) is 0 Å². The monoisotopic (exact) mass is 270 g/mol. The minimum atomic E-state index is 0.471. The van der Waals surface area contributed by atoms with Crippen molar-refractivity contribution in [3.8, 4) is 0 Å². The van der Waals surface area contributed by atoms with Gasteiger partial charge in [-0.3, -0.25) is 0 Å². The molecular weight excluding hydrogens is 234 g/mol. The van der Waals surface area contributed by atoms with Crippen LogP contribution in [0.25, 0.3) is 0 Å². The van der Waals surface area contributed by atoms with Gasteiger partial charge in [-0.25, -0.2) is 0 Å². The summed E-state index contributed by atoms with van der Waals surface area (Å²) < 4.78 is 6.65. The molecule has 2 atom stereocenters. The van der Waals surface area contributed by atoms with E-state index in [1.807, 2.05) is 0 Å². The molecule has 0 N–H and O–H groups in total. The molecule has 0 amide bonds. The van der Waals surface area contributed by atoms with Crippen LogP contribution in [0.5, 0.6) is 0 Å². The van der Waals surface area contributed by atoms with Gasteiger partial charge < -0.3 is 9.22 Å². The number of nitrogens with zero attached hydrogens (tertiary/aromatic N) is 1. The third-order valence-electron chi connectivity index (χ3n) is 4.46. The van der Waals surface area contributed by atoms with Crippen molar-refractivity contribution in [2.45, 2.75) is 90.4 Å². The van der Waals surface area contributed by atoms with Crippen molar-refractivity contribution in [2.75, 3.05) is 20.6 Å². The minimum absolute atomic E-state index is 0.471. The molecule has 19 heavy (non-hydrogen) atoms. The maximum absolute atomic E-state index is 5.60. The summed E-state index contributed by atoms with van der Waals surface area (Å²) in [4.78, 5) is 0. The number of epoxide rings is 1. The summed E-state index contributed by atoms with van der Waals surface area (Å²) in [5.74, 6) is 0. The first-order valence-corrected chi connectivity index (χ1v) is 8.56. The normalized spacial score (nSPS) is 22.7. The smallest absolute Gasteiger partial charge is 0.220 e. The first-order chi connectivity index (χ1) is 9.08.